The molecule has 0 N–H and O–H groups in total. The number of hydrogen-bond acceptors (Lipinski definition) is 4. The van der Waals surface area contributed by atoms with Crippen molar-refractivity contribution >= 4 is 11.9 Å². The molecule has 0 heterocycles. The topological polar surface area (TPSA) is 52.6 Å². The first-order chi connectivity index (χ1) is 9.42. The maximum absolute atomic E-state index is 11.7. The van der Waals surface area contributed by atoms with Crippen molar-refractivity contribution in [2.45, 2.75) is 65.9 Å². The molecule has 0 aliphatic heterocycles. The minimum atomic E-state index is -0.421. The van der Waals surface area contributed by atoms with E-state index in [1.807, 2.05) is 27.7 Å². The van der Waals surface area contributed by atoms with Crippen LogP contribution in [0.25, 0.3) is 0 Å². The summed E-state index contributed by atoms with van der Waals surface area (Å²) in [5, 5.41) is 0. The summed E-state index contributed by atoms with van der Waals surface area (Å²) in [5.41, 5.74) is 0. The predicted octanol–water partition coefficient (Wildman–Crippen LogP) is 3.54. The quantitative estimate of drug-likeness (QED) is 0.455. The highest BCUT2D eigenvalue weighted by Gasteiger charge is 2.20. The van der Waals surface area contributed by atoms with E-state index in [1.165, 1.54) is 0 Å². The largest absolute Gasteiger partial charge is 0.465 e. The predicted molar refractivity (Wildman–Crippen MR) is 79.0 cm³/mol. The van der Waals surface area contributed by atoms with Gasteiger partial charge in [0.05, 0.1) is 24.5 Å². The second-order valence-corrected chi connectivity index (χ2v) is 5.35. The van der Waals surface area contributed by atoms with Gasteiger partial charge in [-0.2, -0.15) is 0 Å². The van der Waals surface area contributed by atoms with E-state index >= 15 is 0 Å². The van der Waals surface area contributed by atoms with Crippen LogP contribution in [-0.4, -0.2) is 24.6 Å². The molecule has 0 fully saturated rings. The molecule has 4 nitrogen and oxygen atoms in total. The molecular weight excluding hydrogens is 256 g/mol. The van der Waals surface area contributed by atoms with E-state index < -0.39 is 5.92 Å². The summed E-state index contributed by atoms with van der Waals surface area (Å²) in [6.45, 7) is 12.0. The van der Waals surface area contributed by atoms with Gasteiger partial charge in [-0.05, 0) is 39.5 Å². The van der Waals surface area contributed by atoms with E-state index in [4.69, 9.17) is 9.47 Å². The van der Waals surface area contributed by atoms with E-state index in [2.05, 4.69) is 6.92 Å². The Morgan fingerprint density at radius 1 is 1.10 bits per heavy atom. The number of rotatable bonds is 10. The summed E-state index contributed by atoms with van der Waals surface area (Å²) in [5.74, 6) is -1.10. The van der Waals surface area contributed by atoms with Gasteiger partial charge in [-0.15, -0.1) is 0 Å². The molecule has 0 saturated carbocycles. The Morgan fingerprint density at radius 2 is 1.75 bits per heavy atom. The Labute approximate surface area is 123 Å². The zero-order valence-corrected chi connectivity index (χ0v) is 13.3. The van der Waals surface area contributed by atoms with E-state index in [-0.39, 0.29) is 24.0 Å². The molecule has 0 aliphatic rings. The van der Waals surface area contributed by atoms with Gasteiger partial charge >= 0.3 is 11.9 Å². The van der Waals surface area contributed by atoms with Gasteiger partial charge in [0.1, 0.15) is 0 Å². The summed E-state index contributed by atoms with van der Waals surface area (Å²) in [6, 6.07) is 0. The van der Waals surface area contributed by atoms with Crippen LogP contribution in [0.15, 0.2) is 0 Å². The van der Waals surface area contributed by atoms with Crippen molar-refractivity contribution in [2.75, 3.05) is 6.61 Å². The molecule has 4 heteroatoms. The van der Waals surface area contributed by atoms with Crippen LogP contribution >= 0.6 is 0 Å². The number of hydrogen-bond donors (Lipinski definition) is 0. The monoisotopic (exact) mass is 285 g/mol. The highest BCUT2D eigenvalue weighted by molar-refractivity contribution is 5.74. The number of unbranched alkanes of at least 4 members (excludes halogenated alkanes) is 1. The summed E-state index contributed by atoms with van der Waals surface area (Å²) in [7, 11) is 0. The molecule has 0 spiro atoms. The Bertz CT molecular complexity index is 288. The van der Waals surface area contributed by atoms with E-state index in [9.17, 15) is 9.59 Å². The zero-order valence-electron chi connectivity index (χ0n) is 13.3. The lowest BCUT2D eigenvalue weighted by atomic mass is 9.98. The normalized spacial score (nSPS) is 15.2. The molecular formula is C16H29O4. The molecule has 3 atom stereocenters. The first-order valence-electron chi connectivity index (χ1n) is 7.62. The Balaban J connectivity index is 3.95. The van der Waals surface area contributed by atoms with E-state index in [0.29, 0.717) is 19.4 Å². The van der Waals surface area contributed by atoms with Crippen molar-refractivity contribution in [3.05, 3.63) is 6.92 Å². The molecule has 0 aromatic carbocycles. The highest BCUT2D eigenvalue weighted by Crippen LogP contribution is 2.16. The summed E-state index contributed by atoms with van der Waals surface area (Å²) >= 11 is 0. The van der Waals surface area contributed by atoms with E-state index in [0.717, 1.165) is 19.3 Å². The lowest BCUT2D eigenvalue weighted by Gasteiger charge is -2.17. The van der Waals surface area contributed by atoms with Gasteiger partial charge in [-0.1, -0.05) is 27.2 Å². The molecule has 0 rings (SSSR count). The van der Waals surface area contributed by atoms with Crippen molar-refractivity contribution in [3.63, 3.8) is 0 Å². The third-order valence-electron chi connectivity index (χ3n) is 3.32. The standard InChI is InChI=1S/C16H29O4/c1-6-8-11-19-15(17)12(3)9-10-13(4)16(18)20-14(5)7-2/h12-14H,4,6-11H2,1-3,5H3. The molecule has 0 aromatic rings. The van der Waals surface area contributed by atoms with Gasteiger partial charge in [0.2, 0.25) is 0 Å². The maximum atomic E-state index is 11.7. The van der Waals surface area contributed by atoms with Gasteiger partial charge in [-0.25, -0.2) is 0 Å². The molecule has 0 aromatic heterocycles. The van der Waals surface area contributed by atoms with Crippen LogP contribution in [0.3, 0.4) is 0 Å². The van der Waals surface area contributed by atoms with Crippen LogP contribution in [0.2, 0.25) is 0 Å². The molecule has 0 amide bonds. The summed E-state index contributed by atoms with van der Waals surface area (Å²) in [6.07, 6.45) is 3.73. The van der Waals surface area contributed by atoms with Gasteiger partial charge in [0.25, 0.3) is 0 Å². The van der Waals surface area contributed by atoms with Crippen LogP contribution in [0.1, 0.15) is 59.8 Å². The molecule has 0 aliphatic carbocycles. The van der Waals surface area contributed by atoms with Gasteiger partial charge in [-0.3, -0.25) is 9.59 Å². The maximum Gasteiger partial charge on any atom is 0.309 e. The number of carbonyl (C=O) groups is 2. The third-order valence-corrected chi connectivity index (χ3v) is 3.32. The molecule has 0 bridgehead atoms. The summed E-state index contributed by atoms with van der Waals surface area (Å²) in [4.78, 5) is 23.4. The smallest absolute Gasteiger partial charge is 0.309 e. The van der Waals surface area contributed by atoms with Crippen LogP contribution in [0.5, 0.6) is 0 Å². The van der Waals surface area contributed by atoms with Crippen LogP contribution < -0.4 is 0 Å². The third kappa shape index (κ3) is 8.18. The second-order valence-electron chi connectivity index (χ2n) is 5.35. The molecule has 117 valence electrons. The Kier molecular flexibility index (Phi) is 10.1. The van der Waals surface area contributed by atoms with Gasteiger partial charge in [0.15, 0.2) is 0 Å². The second kappa shape index (κ2) is 10.7. The average molecular weight is 285 g/mol. The average Bonchev–Trinajstić information content (AvgIpc) is 2.43. The first kappa shape index (κ1) is 18.9. The number of carbonyl (C=O) groups excluding carboxylic acids is 2. The SMILES string of the molecule is [CH2]C(CCC(C)C(=O)OCCCC)C(=O)OC(C)CC. The van der Waals surface area contributed by atoms with Gasteiger partial charge < -0.3 is 9.47 Å². The van der Waals surface area contributed by atoms with Crippen molar-refractivity contribution < 1.29 is 19.1 Å². The molecule has 3 unspecified atom stereocenters. The Hall–Kier alpha value is -1.06. The van der Waals surface area contributed by atoms with Crippen molar-refractivity contribution in [1.29, 1.82) is 0 Å². The van der Waals surface area contributed by atoms with Crippen molar-refractivity contribution in [1.82, 2.24) is 0 Å². The lowest BCUT2D eigenvalue weighted by molar-refractivity contribution is -0.153. The fourth-order valence-corrected chi connectivity index (χ4v) is 1.52. The van der Waals surface area contributed by atoms with Crippen LogP contribution in [0.4, 0.5) is 0 Å². The fourth-order valence-electron chi connectivity index (χ4n) is 1.52. The van der Waals surface area contributed by atoms with Gasteiger partial charge in [0, 0.05) is 0 Å². The summed E-state index contributed by atoms with van der Waals surface area (Å²) < 4.78 is 10.4. The van der Waals surface area contributed by atoms with Crippen molar-refractivity contribution in [3.8, 4) is 0 Å². The molecule has 0 saturated heterocycles. The Morgan fingerprint density at radius 3 is 2.30 bits per heavy atom. The van der Waals surface area contributed by atoms with E-state index in [1.54, 1.807) is 0 Å². The fraction of sp³-hybridized carbons (Fsp3) is 0.812. The molecule has 1 radical (unpaired) electrons. The molecule has 20 heavy (non-hydrogen) atoms. The number of esters is 2. The van der Waals surface area contributed by atoms with Crippen molar-refractivity contribution in [2.24, 2.45) is 11.8 Å². The lowest BCUT2D eigenvalue weighted by Crippen LogP contribution is -2.22. The number of ether oxygens (including phenoxy) is 2. The first-order valence-corrected chi connectivity index (χ1v) is 7.62. The van der Waals surface area contributed by atoms with Crippen LogP contribution in [0, 0.1) is 18.8 Å². The minimum Gasteiger partial charge on any atom is -0.465 e. The zero-order chi connectivity index (χ0) is 15.5. The van der Waals surface area contributed by atoms with Crippen LogP contribution in [-0.2, 0) is 19.1 Å². The minimum absolute atomic E-state index is 0.0804. The highest BCUT2D eigenvalue weighted by atomic mass is 16.5.